The van der Waals surface area contributed by atoms with E-state index in [9.17, 15) is 39.9 Å². The van der Waals surface area contributed by atoms with Crippen molar-refractivity contribution < 1.29 is 54.2 Å². The third kappa shape index (κ3) is 7.64. The van der Waals surface area contributed by atoms with E-state index < -0.39 is 42.9 Å². The maximum Gasteiger partial charge on any atom is 0.513 e. The number of hydrogen-bond acceptors (Lipinski definition) is 6. The normalized spacial score (nSPS) is 13.6. The number of carbonyl (C=O) groups is 1. The lowest BCUT2D eigenvalue weighted by molar-refractivity contribution is -0.348. The van der Waals surface area contributed by atoms with Crippen molar-refractivity contribution in [1.82, 2.24) is 10.5 Å². The Hall–Kier alpha value is -3.00. The third-order valence-corrected chi connectivity index (χ3v) is 6.48. The molecule has 6 nitrogen and oxygen atoms in total. The molecule has 2 aromatic rings. The van der Waals surface area contributed by atoms with Gasteiger partial charge in [-0.05, 0) is 36.8 Å². The van der Waals surface area contributed by atoms with Crippen molar-refractivity contribution >= 4 is 6.16 Å². The van der Waals surface area contributed by atoms with Gasteiger partial charge >= 0.3 is 30.3 Å². The lowest BCUT2D eigenvalue weighted by Crippen LogP contribution is -2.59. The molecular weight excluding hydrogens is 568 g/mol. The number of hydrogen-bond donors (Lipinski definition) is 1. The molecule has 0 aliphatic carbocycles. The average Bonchev–Trinajstić information content (AvgIpc) is 2.90. The van der Waals surface area contributed by atoms with E-state index in [1.54, 1.807) is 45.0 Å². The maximum atomic E-state index is 13.6. The molecule has 0 saturated heterocycles. The van der Waals surface area contributed by atoms with E-state index in [2.05, 4.69) is 14.6 Å². The second kappa shape index (κ2) is 13.3. The van der Waals surface area contributed by atoms with Gasteiger partial charge in [0.25, 0.3) is 0 Å². The number of rotatable bonds is 13. The highest BCUT2D eigenvalue weighted by molar-refractivity contribution is 5.66. The molecule has 0 spiro atoms. The number of halogens is 8. The molecule has 0 fully saturated rings. The third-order valence-electron chi connectivity index (χ3n) is 6.48. The van der Waals surface area contributed by atoms with E-state index in [1.165, 1.54) is 7.11 Å². The second-order valence-electron chi connectivity index (χ2n) is 9.89. The van der Waals surface area contributed by atoms with Gasteiger partial charge in [0.15, 0.2) is 0 Å². The second-order valence-corrected chi connectivity index (χ2v) is 9.89. The fourth-order valence-electron chi connectivity index (χ4n) is 3.83. The molecule has 1 heterocycles. The molecule has 1 N–H and O–H groups in total. The highest BCUT2D eigenvalue weighted by Gasteiger charge is 2.75. The molecule has 230 valence electrons. The summed E-state index contributed by atoms with van der Waals surface area (Å²) in [6, 6.07) is 6.99. The first-order chi connectivity index (χ1) is 18.9. The van der Waals surface area contributed by atoms with Crippen LogP contribution in [0.3, 0.4) is 0 Å². The first kappa shape index (κ1) is 34.2. The van der Waals surface area contributed by atoms with Crippen molar-refractivity contribution in [2.45, 2.75) is 77.1 Å². The Balaban J connectivity index is 2.11. The fourth-order valence-corrected chi connectivity index (χ4v) is 3.83. The van der Waals surface area contributed by atoms with Crippen molar-refractivity contribution in [1.29, 1.82) is 0 Å². The lowest BCUT2D eigenvalue weighted by Gasteiger charge is -2.31. The zero-order valence-electron chi connectivity index (χ0n) is 23.3. The number of pyridine rings is 1. The summed E-state index contributed by atoms with van der Waals surface area (Å²) in [5.74, 6) is -18.2. The van der Waals surface area contributed by atoms with Gasteiger partial charge in [-0.1, -0.05) is 45.0 Å². The molecule has 1 unspecified atom stereocenters. The molecule has 0 amide bonds. The van der Waals surface area contributed by atoms with Gasteiger partial charge < -0.3 is 9.47 Å². The number of nitrogens with one attached hydrogen (secondary N) is 1. The van der Waals surface area contributed by atoms with Crippen LogP contribution in [-0.4, -0.2) is 55.6 Å². The topological polar surface area (TPSA) is 69.7 Å². The summed E-state index contributed by atoms with van der Waals surface area (Å²) in [6.07, 6.45) is -5.52. The van der Waals surface area contributed by atoms with Crippen LogP contribution >= 0.6 is 0 Å². The molecule has 1 aromatic carbocycles. The summed E-state index contributed by atoms with van der Waals surface area (Å²) in [5, 5.41) is 0. The van der Waals surface area contributed by atoms with Crippen molar-refractivity contribution in [2.75, 3.05) is 20.3 Å². The molecule has 41 heavy (non-hydrogen) atoms. The van der Waals surface area contributed by atoms with Gasteiger partial charge in [-0.2, -0.15) is 26.3 Å². The van der Waals surface area contributed by atoms with Crippen LogP contribution in [0.25, 0.3) is 0 Å². The summed E-state index contributed by atoms with van der Waals surface area (Å²) in [7, 11) is 1.20. The molecule has 0 aliphatic heterocycles. The van der Waals surface area contributed by atoms with Gasteiger partial charge in [0.05, 0.1) is 12.8 Å². The van der Waals surface area contributed by atoms with E-state index >= 15 is 0 Å². The van der Waals surface area contributed by atoms with Crippen molar-refractivity contribution in [2.24, 2.45) is 0 Å². The predicted molar refractivity (Wildman–Crippen MR) is 133 cm³/mol. The Morgan fingerprint density at radius 1 is 1.00 bits per heavy atom. The van der Waals surface area contributed by atoms with Crippen molar-refractivity contribution in [3.8, 4) is 5.75 Å². The summed E-state index contributed by atoms with van der Waals surface area (Å²) < 4.78 is 114. The monoisotopic (exact) mass is 600 g/mol. The summed E-state index contributed by atoms with van der Waals surface area (Å²) in [6.45, 7) is 6.67. The number of carbonyl (C=O) groups excluding carboxylic acids is 1. The van der Waals surface area contributed by atoms with Crippen LogP contribution in [0.15, 0.2) is 24.3 Å². The van der Waals surface area contributed by atoms with Crippen LogP contribution in [0.2, 0.25) is 0 Å². The van der Waals surface area contributed by atoms with E-state index in [-0.39, 0.29) is 12.5 Å². The van der Waals surface area contributed by atoms with E-state index in [1.807, 2.05) is 19.3 Å². The van der Waals surface area contributed by atoms with Gasteiger partial charge in [0, 0.05) is 29.8 Å². The van der Waals surface area contributed by atoms with Crippen LogP contribution in [0.5, 0.6) is 5.75 Å². The van der Waals surface area contributed by atoms with Gasteiger partial charge in [0.2, 0.25) is 0 Å². The number of aromatic nitrogens is 1. The SMILES string of the molecule is COC(=O)Oc1c(C)c(C)nc(C(C)C)c1Cc1ccc(C(C)CNOCC(F)(F)C(F)(F)C(F)(F)C(F)F)cc1. The largest absolute Gasteiger partial charge is 0.513 e. The number of aryl methyl sites for hydroxylation is 1. The first-order valence-electron chi connectivity index (χ1n) is 12.5. The van der Waals surface area contributed by atoms with Gasteiger partial charge in [-0.25, -0.2) is 19.1 Å². The smallest absolute Gasteiger partial charge is 0.437 e. The Morgan fingerprint density at radius 3 is 2.10 bits per heavy atom. The van der Waals surface area contributed by atoms with E-state index in [0.29, 0.717) is 34.6 Å². The Kier molecular flexibility index (Phi) is 11.1. The fraction of sp³-hybridized carbons (Fsp3) is 0.556. The Bertz CT molecular complexity index is 1190. The average molecular weight is 601 g/mol. The predicted octanol–water partition coefficient (Wildman–Crippen LogP) is 7.35. The highest BCUT2D eigenvalue weighted by Crippen LogP contribution is 2.48. The van der Waals surface area contributed by atoms with Gasteiger partial charge in [-0.15, -0.1) is 0 Å². The minimum absolute atomic E-state index is 0.00333. The zero-order valence-corrected chi connectivity index (χ0v) is 23.3. The van der Waals surface area contributed by atoms with Crippen LogP contribution in [0.4, 0.5) is 39.9 Å². The molecule has 0 saturated carbocycles. The molecule has 1 aromatic heterocycles. The molecule has 0 radical (unpaired) electrons. The molecule has 0 bridgehead atoms. The van der Waals surface area contributed by atoms with Crippen LogP contribution in [-0.2, 0) is 16.0 Å². The van der Waals surface area contributed by atoms with Crippen LogP contribution < -0.4 is 10.2 Å². The van der Waals surface area contributed by atoms with Crippen molar-refractivity contribution in [3.05, 3.63) is 57.9 Å². The Labute approximate surface area is 232 Å². The lowest BCUT2D eigenvalue weighted by atomic mass is 9.93. The number of benzene rings is 1. The summed E-state index contributed by atoms with van der Waals surface area (Å²) >= 11 is 0. The number of ether oxygens (including phenoxy) is 2. The number of hydroxylamine groups is 1. The summed E-state index contributed by atoms with van der Waals surface area (Å²) in [5.41, 5.74) is 6.29. The first-order valence-corrected chi connectivity index (χ1v) is 12.5. The number of alkyl halides is 8. The van der Waals surface area contributed by atoms with Crippen LogP contribution in [0, 0.1) is 13.8 Å². The van der Waals surface area contributed by atoms with Crippen molar-refractivity contribution in [3.63, 3.8) is 0 Å². The molecule has 2 rings (SSSR count). The molecule has 0 aliphatic rings. The standard InChI is InChI=1S/C27H32F8N2O4/c1-14(2)21-20(22(41-24(38)39-6)16(4)17(5)37-21)11-18-7-9-19(10-8-18)15(3)12-36-40-13-25(30,31)27(34,35)26(32,33)23(28)29/h7-10,14-15,23,36H,11-13H2,1-6H3. The van der Waals surface area contributed by atoms with Gasteiger partial charge in [-0.3, -0.25) is 9.82 Å². The maximum absolute atomic E-state index is 13.6. The Morgan fingerprint density at radius 2 is 1.59 bits per heavy atom. The van der Waals surface area contributed by atoms with E-state index in [0.717, 1.165) is 11.3 Å². The minimum atomic E-state index is -6.33. The molecule has 1 atom stereocenters. The number of methoxy groups -OCH3 is 1. The molecular formula is C27H32F8N2O4. The van der Waals surface area contributed by atoms with E-state index in [4.69, 9.17) is 4.74 Å². The summed E-state index contributed by atoms with van der Waals surface area (Å²) in [4.78, 5) is 20.8. The molecule has 14 heteroatoms. The minimum Gasteiger partial charge on any atom is -0.437 e. The quantitative estimate of drug-likeness (QED) is 0.112. The highest BCUT2D eigenvalue weighted by atomic mass is 19.4. The van der Waals surface area contributed by atoms with Gasteiger partial charge in [0.1, 0.15) is 12.4 Å². The van der Waals surface area contributed by atoms with Crippen LogP contribution in [0.1, 0.15) is 66.2 Å². The zero-order chi connectivity index (χ0) is 31.3. The number of nitrogens with zero attached hydrogens (tertiary/aromatic N) is 1.